The van der Waals surface area contributed by atoms with Crippen LogP contribution >= 0.6 is 11.3 Å². The Morgan fingerprint density at radius 2 is 1.78 bits per heavy atom. The van der Waals surface area contributed by atoms with E-state index in [1.807, 2.05) is 30.3 Å². The van der Waals surface area contributed by atoms with Crippen LogP contribution in [0.3, 0.4) is 0 Å². The number of hydrogen-bond acceptors (Lipinski definition) is 4. The van der Waals surface area contributed by atoms with Crippen LogP contribution in [0, 0.1) is 6.92 Å². The second kappa shape index (κ2) is 6.42. The third-order valence-electron chi connectivity index (χ3n) is 3.01. The van der Waals surface area contributed by atoms with Gasteiger partial charge in [0.05, 0.1) is 5.56 Å². The highest BCUT2D eigenvalue weighted by Gasteiger charge is 2.24. The van der Waals surface area contributed by atoms with E-state index in [0.29, 0.717) is 5.56 Å². The van der Waals surface area contributed by atoms with Crippen molar-refractivity contribution in [2.45, 2.75) is 33.3 Å². The average molecular weight is 333 g/mol. The maximum absolute atomic E-state index is 11.9. The Hall–Kier alpha value is -2.34. The van der Waals surface area contributed by atoms with Gasteiger partial charge in [0.1, 0.15) is 10.6 Å². The number of thiophene rings is 1. The molecule has 0 bridgehead atoms. The average Bonchev–Trinajstić information content (AvgIpc) is 2.74. The van der Waals surface area contributed by atoms with Crippen molar-refractivity contribution in [2.75, 3.05) is 5.32 Å². The van der Waals surface area contributed by atoms with Crippen LogP contribution in [0.1, 0.15) is 36.7 Å². The molecular formula is C17H19NO4S. The van der Waals surface area contributed by atoms with Crippen LogP contribution in [0.15, 0.2) is 30.3 Å². The van der Waals surface area contributed by atoms with Crippen LogP contribution in [0.5, 0.6) is 0 Å². The molecule has 1 heterocycles. The molecule has 2 N–H and O–H groups in total. The highest BCUT2D eigenvalue weighted by molar-refractivity contribution is 7.20. The van der Waals surface area contributed by atoms with Crippen LogP contribution in [-0.4, -0.2) is 22.8 Å². The predicted molar refractivity (Wildman–Crippen MR) is 91.3 cm³/mol. The van der Waals surface area contributed by atoms with E-state index in [0.717, 1.165) is 10.4 Å². The zero-order valence-electron chi connectivity index (χ0n) is 13.5. The van der Waals surface area contributed by atoms with Gasteiger partial charge < -0.3 is 9.84 Å². The van der Waals surface area contributed by atoms with E-state index in [4.69, 9.17) is 4.74 Å². The fourth-order valence-electron chi connectivity index (χ4n) is 2.12. The highest BCUT2D eigenvalue weighted by atomic mass is 32.1. The monoisotopic (exact) mass is 333 g/mol. The first-order valence-corrected chi connectivity index (χ1v) is 7.93. The molecule has 1 aromatic carbocycles. The van der Waals surface area contributed by atoms with Gasteiger partial charge in [-0.15, -0.1) is 11.3 Å². The minimum absolute atomic E-state index is 0.0970. The van der Waals surface area contributed by atoms with E-state index in [9.17, 15) is 14.7 Å². The summed E-state index contributed by atoms with van der Waals surface area (Å²) in [4.78, 5) is 24.3. The molecule has 122 valence electrons. The predicted octanol–water partition coefficient (Wildman–Crippen LogP) is 4.77. The van der Waals surface area contributed by atoms with Gasteiger partial charge >= 0.3 is 12.1 Å². The number of carbonyl (C=O) groups excluding carboxylic acids is 1. The van der Waals surface area contributed by atoms with Crippen molar-refractivity contribution in [3.05, 3.63) is 41.5 Å². The molecule has 0 radical (unpaired) electrons. The van der Waals surface area contributed by atoms with Gasteiger partial charge in [-0.2, -0.15) is 0 Å². The fraction of sp³-hybridized carbons (Fsp3) is 0.294. The Morgan fingerprint density at radius 1 is 1.17 bits per heavy atom. The van der Waals surface area contributed by atoms with Crippen molar-refractivity contribution < 1.29 is 19.4 Å². The molecule has 0 aliphatic heterocycles. The lowest BCUT2D eigenvalue weighted by atomic mass is 10.1. The zero-order valence-corrected chi connectivity index (χ0v) is 14.3. The number of ether oxygens (including phenoxy) is 1. The van der Waals surface area contributed by atoms with E-state index in [1.165, 1.54) is 11.3 Å². The Balaban J connectivity index is 2.40. The molecular weight excluding hydrogens is 314 g/mol. The molecule has 0 fully saturated rings. The van der Waals surface area contributed by atoms with Gasteiger partial charge in [0.15, 0.2) is 0 Å². The summed E-state index contributed by atoms with van der Waals surface area (Å²) >= 11 is 1.23. The normalized spacial score (nSPS) is 11.1. The summed E-state index contributed by atoms with van der Waals surface area (Å²) in [6.45, 7) is 6.99. The van der Waals surface area contributed by atoms with Gasteiger partial charge in [0.2, 0.25) is 0 Å². The quantitative estimate of drug-likeness (QED) is 0.848. The second-order valence-electron chi connectivity index (χ2n) is 6.06. The third-order valence-corrected chi connectivity index (χ3v) is 4.27. The number of benzene rings is 1. The number of carboxylic acids is 1. The standard InChI is InChI=1S/C17H19NO4S/c1-10-12(15(19)20)14(18-16(21)22-17(2,3)4)23-13(10)11-8-6-5-7-9-11/h5-9H,1-4H3,(H,18,21)(H,19,20). The van der Waals surface area contributed by atoms with E-state index in [1.54, 1.807) is 27.7 Å². The molecule has 1 aromatic heterocycles. The van der Waals surface area contributed by atoms with Gasteiger partial charge in [-0.25, -0.2) is 9.59 Å². The van der Waals surface area contributed by atoms with Gasteiger partial charge in [0, 0.05) is 4.88 Å². The van der Waals surface area contributed by atoms with Crippen LogP contribution in [-0.2, 0) is 4.74 Å². The summed E-state index contributed by atoms with van der Waals surface area (Å²) in [5.41, 5.74) is 0.983. The number of aromatic carboxylic acids is 1. The molecule has 0 unspecified atom stereocenters. The molecule has 0 spiro atoms. The van der Waals surface area contributed by atoms with Crippen molar-refractivity contribution in [1.29, 1.82) is 0 Å². The summed E-state index contributed by atoms with van der Waals surface area (Å²) in [5.74, 6) is -1.08. The molecule has 1 amide bonds. The van der Waals surface area contributed by atoms with Crippen molar-refractivity contribution in [3.8, 4) is 10.4 Å². The van der Waals surface area contributed by atoms with Crippen LogP contribution in [0.25, 0.3) is 10.4 Å². The zero-order chi connectivity index (χ0) is 17.2. The number of carbonyl (C=O) groups is 2. The first-order valence-electron chi connectivity index (χ1n) is 7.11. The van der Waals surface area contributed by atoms with Crippen molar-refractivity contribution >= 4 is 28.4 Å². The number of anilines is 1. The van der Waals surface area contributed by atoms with E-state index < -0.39 is 17.7 Å². The topological polar surface area (TPSA) is 75.6 Å². The Labute approximate surface area is 138 Å². The minimum Gasteiger partial charge on any atom is -0.478 e. The lowest BCUT2D eigenvalue weighted by Gasteiger charge is -2.19. The molecule has 2 aromatic rings. The fourth-order valence-corrected chi connectivity index (χ4v) is 3.31. The molecule has 0 atom stereocenters. The van der Waals surface area contributed by atoms with Crippen molar-refractivity contribution in [3.63, 3.8) is 0 Å². The Morgan fingerprint density at radius 3 is 2.30 bits per heavy atom. The Kier molecular flexibility index (Phi) is 4.75. The number of hydrogen-bond donors (Lipinski definition) is 2. The first-order chi connectivity index (χ1) is 10.7. The molecule has 6 heteroatoms. The largest absolute Gasteiger partial charge is 0.478 e. The molecule has 0 aliphatic carbocycles. The van der Waals surface area contributed by atoms with E-state index >= 15 is 0 Å². The number of rotatable bonds is 3. The van der Waals surface area contributed by atoms with Gasteiger partial charge in [-0.1, -0.05) is 30.3 Å². The second-order valence-corrected chi connectivity index (χ2v) is 7.08. The van der Waals surface area contributed by atoms with Gasteiger partial charge in [-0.3, -0.25) is 5.32 Å². The minimum atomic E-state index is -1.08. The smallest absolute Gasteiger partial charge is 0.412 e. The SMILES string of the molecule is Cc1c(-c2ccccc2)sc(NC(=O)OC(C)(C)C)c1C(=O)O. The third kappa shape index (κ3) is 4.10. The van der Waals surface area contributed by atoms with Gasteiger partial charge in [-0.05, 0) is 38.8 Å². The lowest BCUT2D eigenvalue weighted by molar-refractivity contribution is 0.0636. The van der Waals surface area contributed by atoms with Crippen LogP contribution in [0.2, 0.25) is 0 Å². The van der Waals surface area contributed by atoms with Crippen molar-refractivity contribution in [1.82, 2.24) is 0 Å². The molecule has 0 saturated carbocycles. The number of nitrogens with one attached hydrogen (secondary N) is 1. The molecule has 0 saturated heterocycles. The number of carboxylic acid groups (broad SMARTS) is 1. The summed E-state index contributed by atoms with van der Waals surface area (Å²) in [6, 6.07) is 9.47. The molecule has 0 aliphatic rings. The summed E-state index contributed by atoms with van der Waals surface area (Å²) in [6.07, 6.45) is -0.666. The summed E-state index contributed by atoms with van der Waals surface area (Å²) in [5, 5.41) is 12.3. The summed E-state index contributed by atoms with van der Waals surface area (Å²) in [7, 11) is 0. The highest BCUT2D eigenvalue weighted by Crippen LogP contribution is 2.40. The van der Waals surface area contributed by atoms with Crippen LogP contribution < -0.4 is 5.32 Å². The lowest BCUT2D eigenvalue weighted by Crippen LogP contribution is -2.27. The van der Waals surface area contributed by atoms with E-state index in [2.05, 4.69) is 5.32 Å². The maximum Gasteiger partial charge on any atom is 0.412 e. The van der Waals surface area contributed by atoms with Gasteiger partial charge in [0.25, 0.3) is 0 Å². The summed E-state index contributed by atoms with van der Waals surface area (Å²) < 4.78 is 5.19. The van der Waals surface area contributed by atoms with Crippen molar-refractivity contribution in [2.24, 2.45) is 0 Å². The number of amides is 1. The van der Waals surface area contributed by atoms with E-state index in [-0.39, 0.29) is 10.6 Å². The Bertz CT molecular complexity index is 729. The first kappa shape index (κ1) is 17.0. The van der Waals surface area contributed by atoms with Crippen LogP contribution in [0.4, 0.5) is 9.80 Å². The maximum atomic E-state index is 11.9. The molecule has 23 heavy (non-hydrogen) atoms. The molecule has 5 nitrogen and oxygen atoms in total. The molecule has 2 rings (SSSR count).